The highest BCUT2D eigenvalue weighted by Gasteiger charge is 2.24. The lowest BCUT2D eigenvalue weighted by Crippen LogP contribution is -2.26. The molecule has 0 aromatic carbocycles. The van der Waals surface area contributed by atoms with Crippen molar-refractivity contribution in [1.82, 2.24) is 9.78 Å². The molecular formula is C15H28N2O. The molecular weight excluding hydrogens is 224 g/mol. The largest absolute Gasteiger partial charge is 0.504 e. The van der Waals surface area contributed by atoms with Crippen LogP contribution in [0.15, 0.2) is 0 Å². The van der Waals surface area contributed by atoms with Crippen molar-refractivity contribution >= 4 is 0 Å². The molecule has 0 aliphatic carbocycles. The van der Waals surface area contributed by atoms with Crippen molar-refractivity contribution in [2.75, 3.05) is 0 Å². The fourth-order valence-electron chi connectivity index (χ4n) is 2.13. The number of aromatic nitrogens is 2. The number of aromatic hydroxyl groups is 1. The minimum atomic E-state index is -0.0772. The van der Waals surface area contributed by atoms with Gasteiger partial charge in [0.2, 0.25) is 0 Å². The molecule has 1 N–H and O–H groups in total. The van der Waals surface area contributed by atoms with Gasteiger partial charge < -0.3 is 5.11 Å². The molecule has 0 unspecified atom stereocenters. The Bertz CT molecular complexity index is 386. The summed E-state index contributed by atoms with van der Waals surface area (Å²) >= 11 is 0. The fraction of sp³-hybridized carbons (Fsp3) is 0.800. The van der Waals surface area contributed by atoms with Gasteiger partial charge in [0.05, 0.1) is 11.2 Å². The van der Waals surface area contributed by atoms with Gasteiger partial charge in [-0.05, 0) is 46.0 Å². The van der Waals surface area contributed by atoms with E-state index in [1.807, 2.05) is 4.68 Å². The van der Waals surface area contributed by atoms with E-state index in [0.717, 1.165) is 37.1 Å². The predicted molar refractivity (Wildman–Crippen MR) is 76.0 cm³/mol. The molecule has 104 valence electrons. The van der Waals surface area contributed by atoms with E-state index in [1.54, 1.807) is 0 Å². The van der Waals surface area contributed by atoms with Crippen LogP contribution >= 0.6 is 0 Å². The maximum atomic E-state index is 10.4. The second-order valence-corrected chi connectivity index (χ2v) is 6.53. The Balaban J connectivity index is 3.14. The van der Waals surface area contributed by atoms with Crippen molar-refractivity contribution < 1.29 is 5.11 Å². The van der Waals surface area contributed by atoms with Crippen LogP contribution in [0.25, 0.3) is 0 Å². The number of hydrogen-bond donors (Lipinski definition) is 1. The van der Waals surface area contributed by atoms with Crippen molar-refractivity contribution in [1.29, 1.82) is 0 Å². The Kier molecular flexibility index (Phi) is 4.83. The highest BCUT2D eigenvalue weighted by atomic mass is 16.3. The lowest BCUT2D eigenvalue weighted by molar-refractivity contribution is 0.332. The Morgan fingerprint density at radius 2 is 1.89 bits per heavy atom. The van der Waals surface area contributed by atoms with Crippen molar-refractivity contribution in [2.24, 2.45) is 5.92 Å². The van der Waals surface area contributed by atoms with Crippen LogP contribution in [0.4, 0.5) is 0 Å². The van der Waals surface area contributed by atoms with Gasteiger partial charge in [-0.15, -0.1) is 0 Å². The number of rotatable bonds is 5. The number of unbranched alkanes of at least 4 members (excludes halogenated alkanes) is 1. The third-order valence-corrected chi connectivity index (χ3v) is 3.03. The first kappa shape index (κ1) is 15.1. The molecule has 3 heteroatoms. The zero-order valence-corrected chi connectivity index (χ0v) is 12.7. The molecule has 0 radical (unpaired) electrons. The zero-order valence-electron chi connectivity index (χ0n) is 12.7. The summed E-state index contributed by atoms with van der Waals surface area (Å²) in [6.45, 7) is 12.9. The van der Waals surface area contributed by atoms with E-state index in [0.29, 0.717) is 11.7 Å². The molecule has 0 atom stereocenters. The Labute approximate surface area is 111 Å². The summed E-state index contributed by atoms with van der Waals surface area (Å²) in [5.74, 6) is 0.944. The first-order valence-electron chi connectivity index (χ1n) is 7.07. The highest BCUT2D eigenvalue weighted by Crippen LogP contribution is 2.30. The van der Waals surface area contributed by atoms with Gasteiger partial charge in [0, 0.05) is 0 Å². The van der Waals surface area contributed by atoms with Crippen LogP contribution in [0.1, 0.15) is 65.8 Å². The van der Waals surface area contributed by atoms with Crippen LogP contribution in [-0.4, -0.2) is 14.9 Å². The topological polar surface area (TPSA) is 38.0 Å². The summed E-state index contributed by atoms with van der Waals surface area (Å²) in [6.07, 6.45) is 3.95. The molecule has 3 nitrogen and oxygen atoms in total. The summed E-state index contributed by atoms with van der Waals surface area (Å²) in [7, 11) is 0. The second-order valence-electron chi connectivity index (χ2n) is 6.53. The van der Waals surface area contributed by atoms with Crippen LogP contribution in [0.5, 0.6) is 5.75 Å². The van der Waals surface area contributed by atoms with Crippen molar-refractivity contribution in [3.8, 4) is 5.75 Å². The smallest absolute Gasteiger partial charge is 0.160 e. The van der Waals surface area contributed by atoms with E-state index in [9.17, 15) is 5.11 Å². The minimum Gasteiger partial charge on any atom is -0.504 e. The minimum absolute atomic E-state index is 0.0772. The van der Waals surface area contributed by atoms with Crippen LogP contribution in [0.2, 0.25) is 0 Å². The molecule has 0 saturated carbocycles. The summed E-state index contributed by atoms with van der Waals surface area (Å²) in [5.41, 5.74) is 1.78. The zero-order chi connectivity index (χ0) is 13.9. The first-order valence-corrected chi connectivity index (χ1v) is 7.07. The van der Waals surface area contributed by atoms with Gasteiger partial charge in [0.25, 0.3) is 0 Å². The summed E-state index contributed by atoms with van der Waals surface area (Å²) in [4.78, 5) is 0. The van der Waals surface area contributed by atoms with Crippen LogP contribution in [0.3, 0.4) is 0 Å². The summed E-state index contributed by atoms with van der Waals surface area (Å²) < 4.78 is 2.01. The van der Waals surface area contributed by atoms with Crippen LogP contribution < -0.4 is 0 Å². The quantitative estimate of drug-likeness (QED) is 0.863. The molecule has 0 aliphatic rings. The molecule has 0 bridgehead atoms. The van der Waals surface area contributed by atoms with E-state index in [1.165, 1.54) is 0 Å². The van der Waals surface area contributed by atoms with E-state index >= 15 is 0 Å². The summed E-state index contributed by atoms with van der Waals surface area (Å²) in [5, 5.41) is 15.0. The van der Waals surface area contributed by atoms with Gasteiger partial charge >= 0.3 is 0 Å². The van der Waals surface area contributed by atoms with Gasteiger partial charge in [0.15, 0.2) is 5.75 Å². The molecule has 0 saturated heterocycles. The van der Waals surface area contributed by atoms with Crippen molar-refractivity contribution in [2.45, 2.75) is 72.8 Å². The summed E-state index contributed by atoms with van der Waals surface area (Å²) in [6, 6.07) is 0. The SMILES string of the molecule is CCCCc1nn(C(C)(C)C)c(CC(C)C)c1O. The first-order chi connectivity index (χ1) is 8.27. The van der Waals surface area contributed by atoms with E-state index < -0.39 is 0 Å². The Morgan fingerprint density at radius 1 is 1.28 bits per heavy atom. The highest BCUT2D eigenvalue weighted by molar-refractivity contribution is 5.33. The van der Waals surface area contributed by atoms with Crippen molar-refractivity contribution in [3.05, 3.63) is 11.4 Å². The van der Waals surface area contributed by atoms with Crippen LogP contribution in [-0.2, 0) is 18.4 Å². The molecule has 1 rings (SSSR count). The van der Waals surface area contributed by atoms with Gasteiger partial charge in [-0.2, -0.15) is 5.10 Å². The molecule has 1 aromatic heterocycles. The van der Waals surface area contributed by atoms with Crippen molar-refractivity contribution in [3.63, 3.8) is 0 Å². The third-order valence-electron chi connectivity index (χ3n) is 3.03. The number of nitrogens with zero attached hydrogens (tertiary/aromatic N) is 2. The Morgan fingerprint density at radius 3 is 2.33 bits per heavy atom. The second kappa shape index (κ2) is 5.77. The molecule has 0 amide bonds. The average molecular weight is 252 g/mol. The Hall–Kier alpha value is -0.990. The fourth-order valence-corrected chi connectivity index (χ4v) is 2.13. The van der Waals surface area contributed by atoms with Crippen LogP contribution in [0, 0.1) is 5.92 Å². The van der Waals surface area contributed by atoms with E-state index in [2.05, 4.69) is 46.6 Å². The normalized spacial score (nSPS) is 12.4. The van der Waals surface area contributed by atoms with E-state index in [4.69, 9.17) is 0 Å². The molecule has 1 heterocycles. The standard InChI is InChI=1S/C15H28N2O/c1-7-8-9-12-14(18)13(10-11(2)3)17(16-12)15(4,5)6/h11,18H,7-10H2,1-6H3. The number of hydrogen-bond acceptors (Lipinski definition) is 2. The van der Waals surface area contributed by atoms with Gasteiger partial charge in [-0.25, -0.2) is 0 Å². The lowest BCUT2D eigenvalue weighted by Gasteiger charge is -2.23. The average Bonchev–Trinajstić information content (AvgIpc) is 2.53. The maximum absolute atomic E-state index is 10.4. The molecule has 0 fully saturated rings. The lowest BCUT2D eigenvalue weighted by atomic mass is 10.0. The van der Waals surface area contributed by atoms with E-state index in [-0.39, 0.29) is 5.54 Å². The number of aryl methyl sites for hydroxylation is 1. The predicted octanol–water partition coefficient (Wildman–Crippen LogP) is 3.88. The maximum Gasteiger partial charge on any atom is 0.160 e. The molecule has 0 spiro atoms. The molecule has 18 heavy (non-hydrogen) atoms. The molecule has 0 aliphatic heterocycles. The molecule has 1 aromatic rings. The monoisotopic (exact) mass is 252 g/mol. The third kappa shape index (κ3) is 3.50. The van der Waals surface area contributed by atoms with Gasteiger partial charge in [-0.3, -0.25) is 4.68 Å². The van der Waals surface area contributed by atoms with Gasteiger partial charge in [0.1, 0.15) is 5.69 Å². The van der Waals surface area contributed by atoms with Gasteiger partial charge in [-0.1, -0.05) is 27.2 Å².